The lowest BCUT2D eigenvalue weighted by Gasteiger charge is -2.57. The molecule has 0 atom stereocenters. The summed E-state index contributed by atoms with van der Waals surface area (Å²) < 4.78 is 0. The molecule has 1 aromatic heterocycles. The van der Waals surface area contributed by atoms with E-state index >= 15 is 0 Å². The van der Waals surface area contributed by atoms with Gasteiger partial charge < -0.3 is 10.2 Å². The molecular formula is C18H25N3O2S. The molecule has 0 unspecified atom stereocenters. The van der Waals surface area contributed by atoms with Gasteiger partial charge in [-0.25, -0.2) is 4.98 Å². The molecule has 2 amide bonds. The molecule has 0 radical (unpaired) electrons. The Bertz CT molecular complexity index is 634. The Labute approximate surface area is 146 Å². The number of rotatable bonds is 4. The average molecular weight is 347 g/mol. The molecule has 4 aliphatic carbocycles. The molecule has 0 aromatic carbocycles. The predicted molar refractivity (Wildman–Crippen MR) is 94.0 cm³/mol. The molecule has 4 saturated carbocycles. The lowest BCUT2D eigenvalue weighted by Crippen LogP contribution is -2.51. The number of nitrogens with zero attached hydrogens (tertiary/aromatic N) is 2. The lowest BCUT2D eigenvalue weighted by molar-refractivity contribution is -0.114. The first-order valence-electron chi connectivity index (χ1n) is 8.91. The van der Waals surface area contributed by atoms with Gasteiger partial charge in [0, 0.05) is 25.9 Å². The third kappa shape index (κ3) is 2.96. The van der Waals surface area contributed by atoms with Gasteiger partial charge in [-0.2, -0.15) is 0 Å². The molecule has 1 heterocycles. The first-order valence-corrected chi connectivity index (χ1v) is 9.79. The molecular weight excluding hydrogens is 322 g/mol. The van der Waals surface area contributed by atoms with Gasteiger partial charge in [-0.3, -0.25) is 9.59 Å². The highest BCUT2D eigenvalue weighted by molar-refractivity contribution is 7.14. The minimum atomic E-state index is -0.162. The maximum Gasteiger partial charge on any atom is 0.273 e. The van der Waals surface area contributed by atoms with Gasteiger partial charge in [0.25, 0.3) is 5.91 Å². The summed E-state index contributed by atoms with van der Waals surface area (Å²) in [5.41, 5.74) is 0.784. The lowest BCUT2D eigenvalue weighted by atomic mass is 9.49. The topological polar surface area (TPSA) is 62.3 Å². The van der Waals surface area contributed by atoms with E-state index in [4.69, 9.17) is 0 Å². The summed E-state index contributed by atoms with van der Waals surface area (Å²) in [7, 11) is 1.90. The second kappa shape index (κ2) is 5.83. The van der Waals surface area contributed by atoms with E-state index in [0.29, 0.717) is 16.2 Å². The van der Waals surface area contributed by atoms with Crippen LogP contribution >= 0.6 is 11.3 Å². The van der Waals surface area contributed by atoms with Gasteiger partial charge >= 0.3 is 0 Å². The average Bonchev–Trinajstić information content (AvgIpc) is 2.92. The Balaban J connectivity index is 1.44. The molecule has 1 N–H and O–H groups in total. The van der Waals surface area contributed by atoms with Gasteiger partial charge in [-0.05, 0) is 61.7 Å². The van der Waals surface area contributed by atoms with Crippen LogP contribution in [0.3, 0.4) is 0 Å². The molecule has 0 saturated heterocycles. The largest absolute Gasteiger partial charge is 0.340 e. The van der Waals surface area contributed by atoms with E-state index in [9.17, 15) is 9.59 Å². The normalized spacial score (nSPS) is 33.5. The smallest absolute Gasteiger partial charge is 0.273 e. The van der Waals surface area contributed by atoms with E-state index in [-0.39, 0.29) is 11.8 Å². The molecule has 4 fully saturated rings. The van der Waals surface area contributed by atoms with Crippen LogP contribution in [0.25, 0.3) is 0 Å². The zero-order chi connectivity index (χ0) is 16.9. The SMILES string of the molecule is CC(=O)Nc1nc(C(=O)N(C)CC23CC4CC(CC(C4)C2)C3)cs1. The van der Waals surface area contributed by atoms with Gasteiger partial charge in [0.05, 0.1) is 0 Å². The molecule has 1 aromatic rings. The second-order valence-corrected chi connectivity index (χ2v) is 9.16. The number of hydrogen-bond donors (Lipinski definition) is 1. The monoisotopic (exact) mass is 347 g/mol. The van der Waals surface area contributed by atoms with Gasteiger partial charge in [0.15, 0.2) is 5.13 Å². The fourth-order valence-corrected chi connectivity index (χ4v) is 6.56. The van der Waals surface area contributed by atoms with Gasteiger partial charge in [0.2, 0.25) is 5.91 Å². The van der Waals surface area contributed by atoms with Gasteiger partial charge in [-0.1, -0.05) is 0 Å². The van der Waals surface area contributed by atoms with Gasteiger partial charge in [-0.15, -0.1) is 11.3 Å². The van der Waals surface area contributed by atoms with E-state index in [1.807, 2.05) is 11.9 Å². The van der Waals surface area contributed by atoms with Crippen molar-refractivity contribution in [2.24, 2.45) is 23.2 Å². The first kappa shape index (κ1) is 16.1. The Kier molecular flexibility index (Phi) is 3.90. The van der Waals surface area contributed by atoms with Crippen molar-refractivity contribution in [3.8, 4) is 0 Å². The summed E-state index contributed by atoms with van der Waals surface area (Å²) in [6.45, 7) is 2.30. The molecule has 24 heavy (non-hydrogen) atoms. The summed E-state index contributed by atoms with van der Waals surface area (Å²) in [6.07, 6.45) is 8.15. The van der Waals surface area contributed by atoms with Crippen molar-refractivity contribution in [2.75, 3.05) is 18.9 Å². The third-order valence-corrected chi connectivity index (χ3v) is 6.85. The van der Waals surface area contributed by atoms with Gasteiger partial charge in [0.1, 0.15) is 5.69 Å². The van der Waals surface area contributed by atoms with Crippen LogP contribution < -0.4 is 5.32 Å². The zero-order valence-electron chi connectivity index (χ0n) is 14.4. The van der Waals surface area contributed by atoms with Crippen molar-refractivity contribution in [3.05, 3.63) is 11.1 Å². The Morgan fingerprint density at radius 2 is 1.83 bits per heavy atom. The van der Waals surface area contributed by atoms with E-state index in [0.717, 1.165) is 24.3 Å². The van der Waals surface area contributed by atoms with Crippen molar-refractivity contribution in [3.63, 3.8) is 0 Å². The van der Waals surface area contributed by atoms with Crippen LogP contribution in [0.2, 0.25) is 0 Å². The second-order valence-electron chi connectivity index (χ2n) is 8.30. The zero-order valence-corrected chi connectivity index (χ0v) is 15.2. The van der Waals surface area contributed by atoms with Crippen molar-refractivity contribution in [2.45, 2.75) is 45.4 Å². The highest BCUT2D eigenvalue weighted by Crippen LogP contribution is 2.60. The van der Waals surface area contributed by atoms with Crippen molar-refractivity contribution in [1.29, 1.82) is 0 Å². The highest BCUT2D eigenvalue weighted by atomic mass is 32.1. The van der Waals surface area contributed by atoms with Crippen molar-refractivity contribution in [1.82, 2.24) is 9.88 Å². The predicted octanol–water partition coefficient (Wildman–Crippen LogP) is 3.39. The van der Waals surface area contributed by atoms with E-state index in [1.165, 1.54) is 56.8 Å². The minimum absolute atomic E-state index is 0.0291. The Morgan fingerprint density at radius 1 is 1.25 bits per heavy atom. The number of amides is 2. The van der Waals surface area contributed by atoms with Crippen LogP contribution in [0, 0.1) is 23.2 Å². The maximum atomic E-state index is 12.7. The van der Waals surface area contributed by atoms with Crippen LogP contribution in [-0.2, 0) is 4.79 Å². The minimum Gasteiger partial charge on any atom is -0.340 e. The fraction of sp³-hybridized carbons (Fsp3) is 0.722. The summed E-state index contributed by atoms with van der Waals surface area (Å²) in [4.78, 5) is 29.9. The van der Waals surface area contributed by atoms with E-state index in [2.05, 4.69) is 10.3 Å². The van der Waals surface area contributed by atoms with E-state index in [1.54, 1.807) is 5.38 Å². The fourth-order valence-electron chi connectivity index (χ4n) is 5.83. The highest BCUT2D eigenvalue weighted by Gasteiger charge is 2.51. The molecule has 5 nitrogen and oxygen atoms in total. The number of carbonyl (C=O) groups is 2. The number of carbonyl (C=O) groups excluding carboxylic acids is 2. The Hall–Kier alpha value is -1.43. The molecule has 5 rings (SSSR count). The molecule has 0 aliphatic heterocycles. The molecule has 4 bridgehead atoms. The van der Waals surface area contributed by atoms with Crippen molar-refractivity contribution < 1.29 is 9.59 Å². The Morgan fingerprint density at radius 3 is 2.38 bits per heavy atom. The standard InChI is InChI=1S/C18H25N3O2S/c1-11(22)19-17-20-15(9-24-17)16(23)21(2)10-18-6-12-3-13(7-18)5-14(4-12)8-18/h9,12-14H,3-8,10H2,1-2H3,(H,19,20,22). The van der Waals surface area contributed by atoms with E-state index < -0.39 is 0 Å². The van der Waals surface area contributed by atoms with Crippen LogP contribution in [-0.4, -0.2) is 35.3 Å². The summed E-state index contributed by atoms with van der Waals surface area (Å²) in [5.74, 6) is 2.49. The third-order valence-electron chi connectivity index (χ3n) is 6.09. The number of anilines is 1. The van der Waals surface area contributed by atoms with Crippen LogP contribution in [0.5, 0.6) is 0 Å². The van der Waals surface area contributed by atoms with Crippen LogP contribution in [0.4, 0.5) is 5.13 Å². The molecule has 6 heteroatoms. The summed E-state index contributed by atoms with van der Waals surface area (Å²) >= 11 is 1.30. The van der Waals surface area contributed by atoms with Crippen molar-refractivity contribution >= 4 is 28.3 Å². The van der Waals surface area contributed by atoms with Crippen LogP contribution in [0.15, 0.2) is 5.38 Å². The number of nitrogens with one attached hydrogen (secondary N) is 1. The summed E-state index contributed by atoms with van der Waals surface area (Å²) in [6, 6.07) is 0. The summed E-state index contributed by atoms with van der Waals surface area (Å²) in [5, 5.41) is 4.88. The number of hydrogen-bond acceptors (Lipinski definition) is 4. The molecule has 4 aliphatic rings. The number of thiazole rings is 1. The number of aromatic nitrogens is 1. The first-order chi connectivity index (χ1) is 11.4. The maximum absolute atomic E-state index is 12.7. The quantitative estimate of drug-likeness (QED) is 0.908. The molecule has 0 spiro atoms. The van der Waals surface area contributed by atoms with Crippen LogP contribution in [0.1, 0.15) is 55.9 Å². The molecule has 130 valence electrons.